The predicted molar refractivity (Wildman–Crippen MR) is 44.8 cm³/mol. The van der Waals surface area contributed by atoms with Gasteiger partial charge < -0.3 is 5.32 Å². The zero-order valence-electron chi connectivity index (χ0n) is 6.90. The molecule has 1 saturated carbocycles. The average Bonchev–Trinajstić information content (AvgIpc) is 2.69. The third-order valence-corrected chi connectivity index (χ3v) is 2.17. The molecule has 1 atom stereocenters. The third-order valence-electron chi connectivity index (χ3n) is 2.17. The molecule has 1 nitrogen and oxygen atoms in total. The highest BCUT2D eigenvalue weighted by atomic mass is 14.9. The van der Waals surface area contributed by atoms with Crippen LogP contribution < -0.4 is 5.32 Å². The molecule has 10 heavy (non-hydrogen) atoms. The van der Waals surface area contributed by atoms with Gasteiger partial charge in [-0.25, -0.2) is 0 Å². The first-order valence-electron chi connectivity index (χ1n) is 4.41. The molecule has 0 amide bonds. The Bertz CT molecular complexity index is 80.7. The predicted octanol–water partition coefficient (Wildman–Crippen LogP) is 1.99. The van der Waals surface area contributed by atoms with Gasteiger partial charge in [0.2, 0.25) is 0 Å². The van der Waals surface area contributed by atoms with E-state index in [4.69, 9.17) is 0 Å². The summed E-state index contributed by atoms with van der Waals surface area (Å²) in [5.41, 5.74) is 0. The van der Waals surface area contributed by atoms with Crippen LogP contribution in [0.5, 0.6) is 0 Å². The molecule has 1 unspecified atom stereocenters. The van der Waals surface area contributed by atoms with Crippen molar-refractivity contribution in [3.8, 4) is 0 Å². The molecule has 0 aromatic heterocycles. The first-order valence-corrected chi connectivity index (χ1v) is 4.41. The lowest BCUT2D eigenvalue weighted by Gasteiger charge is -2.15. The molecule has 0 aliphatic heterocycles. The van der Waals surface area contributed by atoms with Crippen molar-refractivity contribution in [3.63, 3.8) is 0 Å². The van der Waals surface area contributed by atoms with E-state index in [1.165, 1.54) is 19.3 Å². The fourth-order valence-electron chi connectivity index (χ4n) is 1.49. The van der Waals surface area contributed by atoms with Crippen molar-refractivity contribution < 1.29 is 0 Å². The summed E-state index contributed by atoms with van der Waals surface area (Å²) in [6.45, 7) is 7.17. The molecule has 0 spiro atoms. The van der Waals surface area contributed by atoms with Gasteiger partial charge in [0.05, 0.1) is 0 Å². The lowest BCUT2D eigenvalue weighted by atomic mass is 10.1. The van der Waals surface area contributed by atoms with Crippen LogP contribution in [0.1, 0.15) is 32.6 Å². The van der Waals surface area contributed by atoms with Crippen LogP contribution in [0, 0.1) is 12.8 Å². The maximum absolute atomic E-state index is 3.88. The van der Waals surface area contributed by atoms with Crippen molar-refractivity contribution in [1.82, 2.24) is 5.32 Å². The van der Waals surface area contributed by atoms with Crippen molar-refractivity contribution in [1.29, 1.82) is 0 Å². The van der Waals surface area contributed by atoms with Crippen molar-refractivity contribution in [2.24, 2.45) is 5.92 Å². The maximum Gasteiger partial charge on any atom is 0.00952 e. The van der Waals surface area contributed by atoms with E-state index in [0.29, 0.717) is 0 Å². The Labute approximate surface area is 64.2 Å². The van der Waals surface area contributed by atoms with Gasteiger partial charge in [-0.15, -0.1) is 0 Å². The molecular weight excluding hydrogens is 122 g/mol. The molecule has 1 radical (unpaired) electrons. The van der Waals surface area contributed by atoms with Crippen LogP contribution in [0.4, 0.5) is 0 Å². The maximum atomic E-state index is 3.88. The second kappa shape index (κ2) is 3.97. The third kappa shape index (κ3) is 2.30. The molecule has 1 N–H and O–H groups in total. The Hall–Kier alpha value is -0.0400. The monoisotopic (exact) mass is 140 g/mol. The summed E-state index contributed by atoms with van der Waals surface area (Å²) >= 11 is 0. The van der Waals surface area contributed by atoms with Crippen molar-refractivity contribution in [2.75, 3.05) is 6.54 Å². The minimum Gasteiger partial charge on any atom is -0.314 e. The van der Waals surface area contributed by atoms with Crippen LogP contribution in [-0.4, -0.2) is 12.6 Å². The Morgan fingerprint density at radius 1 is 1.60 bits per heavy atom. The van der Waals surface area contributed by atoms with Crippen LogP contribution in [0.25, 0.3) is 0 Å². The van der Waals surface area contributed by atoms with E-state index in [-0.39, 0.29) is 0 Å². The van der Waals surface area contributed by atoms with E-state index in [1.54, 1.807) is 0 Å². The van der Waals surface area contributed by atoms with Crippen LogP contribution in [0.3, 0.4) is 0 Å². The number of hydrogen-bond donors (Lipinski definition) is 1. The highest BCUT2D eigenvalue weighted by Crippen LogP contribution is 2.34. The highest BCUT2D eigenvalue weighted by molar-refractivity contribution is 4.85. The second-order valence-corrected chi connectivity index (χ2v) is 3.14. The van der Waals surface area contributed by atoms with Gasteiger partial charge in [-0.05, 0) is 31.7 Å². The standard InChI is InChI=1S/C9H18N/c1-3-5-9(10-4-2)8-6-7-8/h8-10H,1,3-7H2,2H3. The Morgan fingerprint density at radius 3 is 2.70 bits per heavy atom. The Morgan fingerprint density at radius 2 is 2.30 bits per heavy atom. The molecule has 59 valence electrons. The summed E-state index contributed by atoms with van der Waals surface area (Å²) < 4.78 is 0. The van der Waals surface area contributed by atoms with Gasteiger partial charge in [0.25, 0.3) is 0 Å². The molecule has 1 rings (SSSR count). The van der Waals surface area contributed by atoms with Gasteiger partial charge in [0.15, 0.2) is 0 Å². The molecule has 1 aliphatic carbocycles. The lowest BCUT2D eigenvalue weighted by Crippen LogP contribution is -2.30. The van der Waals surface area contributed by atoms with Crippen molar-refractivity contribution >= 4 is 0 Å². The van der Waals surface area contributed by atoms with E-state index in [2.05, 4.69) is 19.2 Å². The summed E-state index contributed by atoms with van der Waals surface area (Å²) in [6, 6.07) is 0.780. The Balaban J connectivity index is 2.13. The lowest BCUT2D eigenvalue weighted by molar-refractivity contribution is 0.449. The summed E-state index contributed by atoms with van der Waals surface area (Å²) in [5, 5.41) is 3.51. The van der Waals surface area contributed by atoms with Crippen molar-refractivity contribution in [2.45, 2.75) is 38.6 Å². The second-order valence-electron chi connectivity index (χ2n) is 3.14. The quantitative estimate of drug-likeness (QED) is 0.616. The zero-order chi connectivity index (χ0) is 7.40. The van der Waals surface area contributed by atoms with E-state index in [1.807, 2.05) is 0 Å². The first-order chi connectivity index (χ1) is 4.88. The van der Waals surface area contributed by atoms with Crippen LogP contribution in [-0.2, 0) is 0 Å². The fourth-order valence-corrected chi connectivity index (χ4v) is 1.49. The summed E-state index contributed by atoms with van der Waals surface area (Å²) in [7, 11) is 0. The number of rotatable bonds is 5. The van der Waals surface area contributed by atoms with Crippen LogP contribution in [0.2, 0.25) is 0 Å². The topological polar surface area (TPSA) is 12.0 Å². The fraction of sp³-hybridized carbons (Fsp3) is 0.889. The molecule has 0 saturated heterocycles. The molecule has 0 aromatic rings. The van der Waals surface area contributed by atoms with E-state index < -0.39 is 0 Å². The SMILES string of the molecule is [CH2]CCC(NCC)C1CC1. The minimum atomic E-state index is 0.780. The summed E-state index contributed by atoms with van der Waals surface area (Å²) in [4.78, 5) is 0. The number of nitrogens with one attached hydrogen (secondary N) is 1. The van der Waals surface area contributed by atoms with Gasteiger partial charge in [0.1, 0.15) is 0 Å². The normalized spacial score (nSPS) is 21.0. The van der Waals surface area contributed by atoms with Gasteiger partial charge in [-0.3, -0.25) is 0 Å². The largest absolute Gasteiger partial charge is 0.314 e. The van der Waals surface area contributed by atoms with Gasteiger partial charge in [-0.1, -0.05) is 20.3 Å². The molecule has 1 heteroatoms. The van der Waals surface area contributed by atoms with E-state index in [0.717, 1.165) is 24.9 Å². The minimum absolute atomic E-state index is 0.780. The molecule has 0 heterocycles. The zero-order valence-corrected chi connectivity index (χ0v) is 6.90. The van der Waals surface area contributed by atoms with Crippen molar-refractivity contribution in [3.05, 3.63) is 6.92 Å². The molecule has 1 fully saturated rings. The van der Waals surface area contributed by atoms with E-state index in [9.17, 15) is 0 Å². The van der Waals surface area contributed by atoms with Crippen LogP contribution in [0.15, 0.2) is 0 Å². The van der Waals surface area contributed by atoms with E-state index >= 15 is 0 Å². The number of hydrogen-bond acceptors (Lipinski definition) is 1. The average molecular weight is 140 g/mol. The van der Waals surface area contributed by atoms with Gasteiger partial charge >= 0.3 is 0 Å². The molecule has 0 aromatic carbocycles. The van der Waals surface area contributed by atoms with Crippen LogP contribution >= 0.6 is 0 Å². The highest BCUT2D eigenvalue weighted by Gasteiger charge is 2.29. The summed E-state index contributed by atoms with van der Waals surface area (Å²) in [6.07, 6.45) is 5.22. The molecule has 0 bridgehead atoms. The molecule has 1 aliphatic rings. The van der Waals surface area contributed by atoms with Gasteiger partial charge in [0, 0.05) is 6.04 Å². The van der Waals surface area contributed by atoms with Gasteiger partial charge in [-0.2, -0.15) is 0 Å². The molecular formula is C9H18N. The first kappa shape index (κ1) is 8.06. The smallest absolute Gasteiger partial charge is 0.00952 e. The Kier molecular flexibility index (Phi) is 3.20. The summed E-state index contributed by atoms with van der Waals surface area (Å²) in [5.74, 6) is 0.988.